The van der Waals surface area contributed by atoms with Gasteiger partial charge in [0.25, 0.3) is 0 Å². The molecule has 0 unspecified atom stereocenters. The molecule has 7 heteroatoms. The van der Waals surface area contributed by atoms with Crippen LogP contribution in [0.5, 0.6) is 5.75 Å². The molecule has 1 spiro atoms. The molecule has 3 aromatic rings. The van der Waals surface area contributed by atoms with Gasteiger partial charge in [-0.1, -0.05) is 6.07 Å². The smallest absolute Gasteiger partial charge is 0.195 e. The molecule has 3 heterocycles. The Labute approximate surface area is 197 Å². The highest BCUT2D eigenvalue weighted by Gasteiger charge is 2.47. The summed E-state index contributed by atoms with van der Waals surface area (Å²) in [5.74, 6) is 0.107. The quantitative estimate of drug-likeness (QED) is 0.632. The summed E-state index contributed by atoms with van der Waals surface area (Å²) in [6.45, 7) is 5.87. The van der Waals surface area contributed by atoms with E-state index in [4.69, 9.17) is 18.9 Å². The first kappa shape index (κ1) is 21.4. The van der Waals surface area contributed by atoms with E-state index in [9.17, 15) is 10.1 Å². The maximum absolute atomic E-state index is 13.7. The molecule has 1 N–H and O–H groups in total. The van der Waals surface area contributed by atoms with Gasteiger partial charge in [0.15, 0.2) is 11.6 Å². The van der Waals surface area contributed by atoms with Crippen molar-refractivity contribution in [3.63, 3.8) is 0 Å². The molecule has 2 saturated heterocycles. The largest absolute Gasteiger partial charge is 0.491 e. The van der Waals surface area contributed by atoms with E-state index in [0.717, 1.165) is 35.0 Å². The molecule has 3 aliphatic rings. The number of ether oxygens (including phenoxy) is 4. The van der Waals surface area contributed by atoms with Crippen LogP contribution in [0.2, 0.25) is 0 Å². The highest BCUT2D eigenvalue weighted by atomic mass is 16.7. The van der Waals surface area contributed by atoms with Crippen molar-refractivity contribution >= 4 is 16.7 Å². The lowest BCUT2D eigenvalue weighted by Gasteiger charge is -2.41. The molecule has 2 aliphatic heterocycles. The molecule has 0 bridgehead atoms. The molecule has 0 radical (unpaired) electrons. The van der Waals surface area contributed by atoms with Gasteiger partial charge in [0.1, 0.15) is 18.5 Å². The predicted molar refractivity (Wildman–Crippen MR) is 124 cm³/mol. The van der Waals surface area contributed by atoms with E-state index in [0.29, 0.717) is 48.9 Å². The van der Waals surface area contributed by atoms with E-state index in [1.165, 1.54) is 0 Å². The summed E-state index contributed by atoms with van der Waals surface area (Å²) in [4.78, 5) is 17.2. The molecule has 6 rings (SSSR count). The summed E-state index contributed by atoms with van der Waals surface area (Å²) in [5.41, 5.74) is 4.31. The first-order valence-corrected chi connectivity index (χ1v) is 11.7. The number of aromatic nitrogens is 1. The number of carbonyl (C=O) groups excluding carboxylic acids is 1. The molecule has 2 fully saturated rings. The Morgan fingerprint density at radius 1 is 1.18 bits per heavy atom. The van der Waals surface area contributed by atoms with Crippen molar-refractivity contribution in [2.24, 2.45) is 0 Å². The van der Waals surface area contributed by atoms with Crippen molar-refractivity contribution in [1.29, 1.82) is 5.26 Å². The number of nitrogens with zero attached hydrogens (tertiary/aromatic N) is 1. The van der Waals surface area contributed by atoms with Crippen LogP contribution in [0, 0.1) is 11.3 Å². The van der Waals surface area contributed by atoms with Crippen molar-refractivity contribution in [2.75, 3.05) is 26.4 Å². The number of H-pyrrole nitrogens is 1. The molecule has 1 aromatic heterocycles. The van der Waals surface area contributed by atoms with Gasteiger partial charge in [-0.3, -0.25) is 4.79 Å². The lowest BCUT2D eigenvalue weighted by atomic mass is 9.64. The second-order valence-corrected chi connectivity index (χ2v) is 9.74. The molecular weight excluding hydrogens is 432 g/mol. The number of ketones is 1. The predicted octanol–water partition coefficient (Wildman–Crippen LogP) is 4.21. The van der Waals surface area contributed by atoms with Crippen LogP contribution in [0.4, 0.5) is 0 Å². The van der Waals surface area contributed by atoms with Crippen LogP contribution in [0.25, 0.3) is 10.9 Å². The van der Waals surface area contributed by atoms with Crippen LogP contribution in [0.3, 0.4) is 0 Å². The average Bonchev–Trinajstić information content (AvgIpc) is 3.41. The van der Waals surface area contributed by atoms with Gasteiger partial charge in [0, 0.05) is 40.8 Å². The molecule has 2 aromatic carbocycles. The third kappa shape index (κ3) is 3.25. The van der Waals surface area contributed by atoms with Gasteiger partial charge in [-0.2, -0.15) is 5.26 Å². The monoisotopic (exact) mass is 458 g/mol. The van der Waals surface area contributed by atoms with Gasteiger partial charge in [-0.25, -0.2) is 0 Å². The van der Waals surface area contributed by atoms with Gasteiger partial charge >= 0.3 is 0 Å². The van der Waals surface area contributed by atoms with Crippen LogP contribution in [0.1, 0.15) is 59.4 Å². The highest BCUT2D eigenvalue weighted by molar-refractivity contribution is 6.20. The van der Waals surface area contributed by atoms with E-state index in [-0.39, 0.29) is 17.3 Å². The van der Waals surface area contributed by atoms with Crippen LogP contribution < -0.4 is 4.74 Å². The Bertz CT molecular complexity index is 1340. The fourth-order valence-electron chi connectivity index (χ4n) is 5.61. The maximum Gasteiger partial charge on any atom is 0.195 e. The van der Waals surface area contributed by atoms with Gasteiger partial charge in [-0.15, -0.1) is 0 Å². The number of nitriles is 1. The van der Waals surface area contributed by atoms with Crippen molar-refractivity contribution in [1.82, 2.24) is 4.98 Å². The average molecular weight is 459 g/mol. The van der Waals surface area contributed by atoms with Gasteiger partial charge < -0.3 is 23.9 Å². The third-order valence-electron chi connectivity index (χ3n) is 7.23. The van der Waals surface area contributed by atoms with Crippen LogP contribution in [0.15, 0.2) is 36.4 Å². The minimum absolute atomic E-state index is 0.00102. The molecule has 34 heavy (non-hydrogen) atoms. The summed E-state index contributed by atoms with van der Waals surface area (Å²) in [5, 5.41) is 10.2. The first-order valence-electron chi connectivity index (χ1n) is 11.7. The van der Waals surface area contributed by atoms with Crippen molar-refractivity contribution < 1.29 is 23.7 Å². The molecule has 1 aliphatic carbocycles. The van der Waals surface area contributed by atoms with Crippen molar-refractivity contribution in [3.05, 3.63) is 64.3 Å². The SMILES string of the molecule is CC1(C)OC[C@H](COc2ccc3c(c2)C2(CCOCC2)c2[nH]c4cc(C#N)ccc4c2C3=O)O1. The minimum atomic E-state index is -0.597. The van der Waals surface area contributed by atoms with Gasteiger partial charge in [0.05, 0.1) is 23.8 Å². The first-order chi connectivity index (χ1) is 16.4. The van der Waals surface area contributed by atoms with E-state index < -0.39 is 5.79 Å². The van der Waals surface area contributed by atoms with E-state index in [1.807, 2.05) is 44.2 Å². The lowest BCUT2D eigenvalue weighted by molar-refractivity contribution is -0.141. The van der Waals surface area contributed by atoms with Crippen molar-refractivity contribution in [3.8, 4) is 11.8 Å². The Morgan fingerprint density at radius 2 is 2.00 bits per heavy atom. The molecule has 174 valence electrons. The Balaban J connectivity index is 1.42. The number of fused-ring (bicyclic) bond motifs is 6. The number of aromatic amines is 1. The number of benzene rings is 2. The fraction of sp³-hybridized carbons (Fsp3) is 0.407. The normalized spacial score (nSPS) is 22.4. The summed E-state index contributed by atoms with van der Waals surface area (Å²) in [7, 11) is 0. The number of carbonyl (C=O) groups is 1. The Hall–Kier alpha value is -3.18. The van der Waals surface area contributed by atoms with Gasteiger partial charge in [-0.05, 0) is 62.6 Å². The van der Waals surface area contributed by atoms with Crippen LogP contribution in [-0.2, 0) is 19.6 Å². The molecular formula is C27H26N2O5. The van der Waals surface area contributed by atoms with E-state index in [2.05, 4.69) is 11.1 Å². The van der Waals surface area contributed by atoms with E-state index >= 15 is 0 Å². The zero-order chi connectivity index (χ0) is 23.5. The summed E-state index contributed by atoms with van der Waals surface area (Å²) in [6, 6.07) is 13.4. The second-order valence-electron chi connectivity index (χ2n) is 9.74. The number of nitrogens with one attached hydrogen (secondary N) is 1. The third-order valence-corrected chi connectivity index (χ3v) is 7.23. The summed E-state index contributed by atoms with van der Waals surface area (Å²) in [6.07, 6.45) is 1.38. The Morgan fingerprint density at radius 3 is 2.74 bits per heavy atom. The second kappa shape index (κ2) is 7.67. The molecule has 7 nitrogen and oxygen atoms in total. The number of hydrogen-bond donors (Lipinski definition) is 1. The zero-order valence-electron chi connectivity index (χ0n) is 19.3. The van der Waals surface area contributed by atoms with Crippen LogP contribution >= 0.6 is 0 Å². The molecule has 1 atom stereocenters. The molecule has 0 amide bonds. The summed E-state index contributed by atoms with van der Waals surface area (Å²) < 4.78 is 23.3. The lowest BCUT2D eigenvalue weighted by Crippen LogP contribution is -2.40. The Kier molecular flexibility index (Phi) is 4.82. The van der Waals surface area contributed by atoms with Crippen molar-refractivity contribution in [2.45, 2.75) is 44.0 Å². The standard InChI is InChI=1S/C27H26N2O5/c1-26(2)33-15-18(34-26)14-32-17-4-6-19-21(12-17)27(7-9-31-10-8-27)25-23(24(19)30)20-5-3-16(13-28)11-22(20)29-25/h3-6,11-12,18,29H,7-10,14-15H2,1-2H3/t18-/m0/s1. The van der Waals surface area contributed by atoms with Crippen LogP contribution in [-0.4, -0.2) is 49.1 Å². The highest BCUT2D eigenvalue weighted by Crippen LogP contribution is 2.50. The number of hydrogen-bond acceptors (Lipinski definition) is 6. The summed E-state index contributed by atoms with van der Waals surface area (Å²) >= 11 is 0. The fourth-order valence-corrected chi connectivity index (χ4v) is 5.61. The van der Waals surface area contributed by atoms with E-state index in [1.54, 1.807) is 6.07 Å². The minimum Gasteiger partial charge on any atom is -0.491 e. The van der Waals surface area contributed by atoms with Gasteiger partial charge in [0.2, 0.25) is 0 Å². The number of rotatable bonds is 3. The molecule has 0 saturated carbocycles. The maximum atomic E-state index is 13.7. The topological polar surface area (TPSA) is 93.6 Å². The zero-order valence-corrected chi connectivity index (χ0v) is 19.3.